The molecule has 2 amide bonds. The van der Waals surface area contributed by atoms with E-state index >= 15 is 0 Å². The highest BCUT2D eigenvalue weighted by Gasteiger charge is 2.52. The molecule has 0 bridgehead atoms. The number of hydrogen-bond donors (Lipinski definition) is 1. The number of carbonyl (C=O) groups is 2. The van der Waals surface area contributed by atoms with E-state index in [-0.39, 0.29) is 29.3 Å². The summed E-state index contributed by atoms with van der Waals surface area (Å²) in [5.74, 6) is 0.200. The summed E-state index contributed by atoms with van der Waals surface area (Å²) in [6.45, 7) is 5.90. The summed E-state index contributed by atoms with van der Waals surface area (Å²) in [7, 11) is 0. The number of benzene rings is 1. The molecule has 1 saturated heterocycles. The summed E-state index contributed by atoms with van der Waals surface area (Å²) >= 11 is 0. The second-order valence-electron chi connectivity index (χ2n) is 7.76. The third-order valence-electron chi connectivity index (χ3n) is 4.80. The lowest BCUT2D eigenvalue weighted by Crippen LogP contribution is -2.65. The molecule has 1 aromatic carbocycles. The number of hydrogen-bond acceptors (Lipinski definition) is 2. The summed E-state index contributed by atoms with van der Waals surface area (Å²) in [4.78, 5) is 27.4. The molecule has 0 spiro atoms. The van der Waals surface area contributed by atoms with E-state index < -0.39 is 6.04 Å². The van der Waals surface area contributed by atoms with Crippen LogP contribution >= 0.6 is 0 Å². The minimum absolute atomic E-state index is 0.0823. The van der Waals surface area contributed by atoms with Crippen LogP contribution in [-0.2, 0) is 9.59 Å². The SMILES string of the molecule is CC(C)(C)NC(=O)C(c1ccccc1)N1C(=O)[C@@H]2CCCC[C@@H]21. The average molecular weight is 314 g/mol. The Labute approximate surface area is 138 Å². The Morgan fingerprint density at radius 2 is 1.83 bits per heavy atom. The minimum Gasteiger partial charge on any atom is -0.349 e. The first-order valence-corrected chi connectivity index (χ1v) is 8.57. The molecular formula is C19H26N2O2. The number of β-lactam (4-membered cyclic amide) rings is 1. The van der Waals surface area contributed by atoms with Crippen molar-refractivity contribution in [1.82, 2.24) is 10.2 Å². The topological polar surface area (TPSA) is 49.4 Å². The van der Waals surface area contributed by atoms with E-state index in [1.54, 1.807) is 0 Å². The predicted molar refractivity (Wildman–Crippen MR) is 89.7 cm³/mol. The fraction of sp³-hybridized carbons (Fsp3) is 0.579. The van der Waals surface area contributed by atoms with Crippen LogP contribution in [0.25, 0.3) is 0 Å². The zero-order valence-electron chi connectivity index (χ0n) is 14.2. The summed E-state index contributed by atoms with van der Waals surface area (Å²) < 4.78 is 0. The maximum absolute atomic E-state index is 12.9. The van der Waals surface area contributed by atoms with Crippen molar-refractivity contribution in [2.45, 2.75) is 64.1 Å². The Kier molecular flexibility index (Phi) is 4.17. The van der Waals surface area contributed by atoms with E-state index in [1.807, 2.05) is 56.0 Å². The molecule has 1 unspecified atom stereocenters. The van der Waals surface area contributed by atoms with Crippen molar-refractivity contribution >= 4 is 11.8 Å². The van der Waals surface area contributed by atoms with Crippen molar-refractivity contribution in [3.8, 4) is 0 Å². The van der Waals surface area contributed by atoms with Crippen molar-refractivity contribution in [3.05, 3.63) is 35.9 Å². The van der Waals surface area contributed by atoms with Gasteiger partial charge < -0.3 is 10.2 Å². The molecule has 1 aliphatic heterocycles. The van der Waals surface area contributed by atoms with Gasteiger partial charge in [-0.2, -0.15) is 0 Å². The Balaban J connectivity index is 1.90. The van der Waals surface area contributed by atoms with Gasteiger partial charge in [-0.25, -0.2) is 0 Å². The number of likely N-dealkylation sites (tertiary alicyclic amines) is 1. The van der Waals surface area contributed by atoms with Crippen molar-refractivity contribution < 1.29 is 9.59 Å². The van der Waals surface area contributed by atoms with Crippen molar-refractivity contribution in [3.63, 3.8) is 0 Å². The highest BCUT2D eigenvalue weighted by molar-refractivity contribution is 5.93. The first-order valence-electron chi connectivity index (χ1n) is 8.57. The molecule has 0 radical (unpaired) electrons. The van der Waals surface area contributed by atoms with Crippen LogP contribution < -0.4 is 5.32 Å². The lowest BCUT2D eigenvalue weighted by atomic mass is 9.74. The van der Waals surface area contributed by atoms with Crippen LogP contribution in [0.15, 0.2) is 30.3 Å². The number of amides is 2. The van der Waals surface area contributed by atoms with Crippen LogP contribution in [0.4, 0.5) is 0 Å². The van der Waals surface area contributed by atoms with Gasteiger partial charge in [-0.3, -0.25) is 9.59 Å². The Hall–Kier alpha value is -1.84. The van der Waals surface area contributed by atoms with Crippen LogP contribution in [-0.4, -0.2) is 28.3 Å². The molecule has 4 nitrogen and oxygen atoms in total. The number of nitrogens with one attached hydrogen (secondary N) is 1. The van der Waals surface area contributed by atoms with E-state index in [1.165, 1.54) is 0 Å². The van der Waals surface area contributed by atoms with Gasteiger partial charge in [0.05, 0.1) is 5.92 Å². The molecule has 0 aromatic heterocycles. The van der Waals surface area contributed by atoms with Gasteiger partial charge >= 0.3 is 0 Å². The molecule has 2 fully saturated rings. The smallest absolute Gasteiger partial charge is 0.247 e. The number of nitrogens with zero attached hydrogens (tertiary/aromatic N) is 1. The van der Waals surface area contributed by atoms with Crippen LogP contribution in [0.5, 0.6) is 0 Å². The van der Waals surface area contributed by atoms with Gasteiger partial charge in [0.1, 0.15) is 6.04 Å². The third-order valence-corrected chi connectivity index (χ3v) is 4.80. The normalized spacial score (nSPS) is 25.3. The van der Waals surface area contributed by atoms with Crippen molar-refractivity contribution in [2.24, 2.45) is 5.92 Å². The molecule has 1 N–H and O–H groups in total. The molecule has 124 valence electrons. The van der Waals surface area contributed by atoms with Gasteiger partial charge in [0.25, 0.3) is 0 Å². The molecule has 1 saturated carbocycles. The lowest BCUT2D eigenvalue weighted by Gasteiger charge is -2.53. The summed E-state index contributed by atoms with van der Waals surface area (Å²) in [5.41, 5.74) is 0.580. The minimum atomic E-state index is -0.512. The van der Waals surface area contributed by atoms with Crippen molar-refractivity contribution in [2.75, 3.05) is 0 Å². The molecule has 4 heteroatoms. The van der Waals surface area contributed by atoms with Crippen LogP contribution in [0, 0.1) is 5.92 Å². The predicted octanol–water partition coefficient (Wildman–Crippen LogP) is 3.04. The van der Waals surface area contributed by atoms with Gasteiger partial charge in [0.2, 0.25) is 11.8 Å². The third kappa shape index (κ3) is 3.12. The van der Waals surface area contributed by atoms with Gasteiger partial charge in [-0.05, 0) is 39.2 Å². The number of fused-ring (bicyclic) bond motifs is 1. The maximum atomic E-state index is 12.9. The average Bonchev–Trinajstić information content (AvgIpc) is 2.51. The van der Waals surface area contributed by atoms with E-state index in [4.69, 9.17) is 0 Å². The lowest BCUT2D eigenvalue weighted by molar-refractivity contribution is -0.169. The zero-order valence-corrected chi connectivity index (χ0v) is 14.2. The largest absolute Gasteiger partial charge is 0.349 e. The van der Waals surface area contributed by atoms with Gasteiger partial charge in [0, 0.05) is 11.6 Å². The van der Waals surface area contributed by atoms with E-state index in [2.05, 4.69) is 5.32 Å². The molecular weight excluding hydrogens is 288 g/mol. The van der Waals surface area contributed by atoms with Gasteiger partial charge in [-0.1, -0.05) is 43.2 Å². The second-order valence-corrected chi connectivity index (χ2v) is 7.76. The highest BCUT2D eigenvalue weighted by atomic mass is 16.2. The van der Waals surface area contributed by atoms with E-state index in [0.717, 1.165) is 31.2 Å². The number of rotatable bonds is 3. The molecule has 1 aliphatic carbocycles. The quantitative estimate of drug-likeness (QED) is 0.872. The van der Waals surface area contributed by atoms with Gasteiger partial charge in [-0.15, -0.1) is 0 Å². The Bertz CT molecular complexity index is 591. The summed E-state index contributed by atoms with van der Waals surface area (Å²) in [6, 6.07) is 9.38. The molecule has 23 heavy (non-hydrogen) atoms. The second kappa shape index (κ2) is 5.99. The number of carbonyl (C=O) groups excluding carboxylic acids is 2. The summed E-state index contributed by atoms with van der Waals surface area (Å²) in [5, 5.41) is 3.05. The van der Waals surface area contributed by atoms with Crippen LogP contribution in [0.2, 0.25) is 0 Å². The van der Waals surface area contributed by atoms with E-state index in [9.17, 15) is 9.59 Å². The van der Waals surface area contributed by atoms with Crippen LogP contribution in [0.3, 0.4) is 0 Å². The van der Waals surface area contributed by atoms with Crippen LogP contribution in [0.1, 0.15) is 58.1 Å². The van der Waals surface area contributed by atoms with E-state index in [0.29, 0.717) is 0 Å². The zero-order chi connectivity index (χ0) is 16.6. The molecule has 1 aromatic rings. The standard InChI is InChI=1S/C19H26N2O2/c1-19(2,3)20-17(22)16(13-9-5-4-6-10-13)21-15-12-8-7-11-14(15)18(21)23/h4-6,9-10,14-16H,7-8,11-12H2,1-3H3,(H,20,22)/t14-,15+,16?/m1/s1. The monoisotopic (exact) mass is 314 g/mol. The summed E-state index contributed by atoms with van der Waals surface area (Å²) in [6.07, 6.45) is 4.27. The fourth-order valence-corrected chi connectivity index (χ4v) is 3.84. The maximum Gasteiger partial charge on any atom is 0.247 e. The first-order chi connectivity index (χ1) is 10.9. The fourth-order valence-electron chi connectivity index (χ4n) is 3.84. The molecule has 1 heterocycles. The Morgan fingerprint density at radius 3 is 2.48 bits per heavy atom. The first kappa shape index (κ1) is 16.0. The molecule has 3 atom stereocenters. The Morgan fingerprint density at radius 1 is 1.17 bits per heavy atom. The van der Waals surface area contributed by atoms with Crippen molar-refractivity contribution in [1.29, 1.82) is 0 Å². The molecule has 2 aliphatic rings. The highest BCUT2D eigenvalue weighted by Crippen LogP contribution is 2.43. The van der Waals surface area contributed by atoms with Gasteiger partial charge in [0.15, 0.2) is 0 Å². The molecule has 3 rings (SSSR count).